The van der Waals surface area contributed by atoms with Crippen molar-refractivity contribution in [1.29, 1.82) is 0 Å². The van der Waals surface area contributed by atoms with Gasteiger partial charge < -0.3 is 15.8 Å². The van der Waals surface area contributed by atoms with Gasteiger partial charge in [-0.3, -0.25) is 4.79 Å². The predicted molar refractivity (Wildman–Crippen MR) is 80.9 cm³/mol. The zero-order valence-corrected chi connectivity index (χ0v) is 12.3. The van der Waals surface area contributed by atoms with Gasteiger partial charge in [0.15, 0.2) is 0 Å². The topological polar surface area (TPSA) is 64.4 Å². The lowest BCUT2D eigenvalue weighted by atomic mass is 9.84. The zero-order chi connectivity index (χ0) is 14.5. The van der Waals surface area contributed by atoms with Crippen molar-refractivity contribution in [3.63, 3.8) is 0 Å². The summed E-state index contributed by atoms with van der Waals surface area (Å²) in [6.07, 6.45) is 5.77. The molecule has 1 aromatic rings. The highest BCUT2D eigenvalue weighted by atomic mass is 16.5. The third kappa shape index (κ3) is 3.24. The largest absolute Gasteiger partial charge is 0.496 e. The normalized spacial score (nSPS) is 22.3. The Bertz CT molecular complexity index is 474. The van der Waals surface area contributed by atoms with Crippen LogP contribution in [0.15, 0.2) is 18.2 Å². The van der Waals surface area contributed by atoms with E-state index < -0.39 is 0 Å². The maximum atomic E-state index is 12.4. The molecule has 0 aromatic heterocycles. The molecule has 1 aliphatic rings. The van der Waals surface area contributed by atoms with Crippen LogP contribution in [0.1, 0.15) is 49.4 Å². The molecule has 0 heterocycles. The first-order valence-corrected chi connectivity index (χ1v) is 7.39. The molecule has 0 aliphatic heterocycles. The van der Waals surface area contributed by atoms with Crippen LogP contribution in [0.2, 0.25) is 0 Å². The highest BCUT2D eigenvalue weighted by Crippen LogP contribution is 2.28. The van der Waals surface area contributed by atoms with Gasteiger partial charge in [0.1, 0.15) is 11.3 Å². The second-order valence-corrected chi connectivity index (χ2v) is 5.54. The van der Waals surface area contributed by atoms with Crippen LogP contribution in [0.5, 0.6) is 5.75 Å². The molecular formula is C16H24N2O2. The minimum atomic E-state index is -0.123. The molecule has 1 amide bonds. The molecule has 110 valence electrons. The van der Waals surface area contributed by atoms with Crippen LogP contribution in [0.25, 0.3) is 0 Å². The lowest BCUT2D eigenvalue weighted by Gasteiger charge is -2.29. The monoisotopic (exact) mass is 276 g/mol. The lowest BCUT2D eigenvalue weighted by Crippen LogP contribution is -2.38. The highest BCUT2D eigenvalue weighted by Gasteiger charge is 2.24. The average Bonchev–Trinajstić information content (AvgIpc) is 2.46. The summed E-state index contributed by atoms with van der Waals surface area (Å²) in [5.74, 6) is 1.14. The molecule has 0 spiro atoms. The van der Waals surface area contributed by atoms with Crippen molar-refractivity contribution >= 4 is 11.6 Å². The van der Waals surface area contributed by atoms with Crippen molar-refractivity contribution in [2.45, 2.75) is 45.1 Å². The van der Waals surface area contributed by atoms with Gasteiger partial charge in [0.2, 0.25) is 0 Å². The van der Waals surface area contributed by atoms with Gasteiger partial charge in [-0.05, 0) is 30.9 Å². The van der Waals surface area contributed by atoms with E-state index in [-0.39, 0.29) is 11.9 Å². The highest BCUT2D eigenvalue weighted by molar-refractivity contribution is 6.02. The molecule has 2 rings (SSSR count). The first-order chi connectivity index (χ1) is 9.65. The Balaban J connectivity index is 2.08. The molecule has 20 heavy (non-hydrogen) atoms. The number of nitrogens with one attached hydrogen (secondary N) is 1. The van der Waals surface area contributed by atoms with Crippen LogP contribution in [-0.4, -0.2) is 19.1 Å². The SMILES string of the molecule is CCC1CCCC(NC(=O)c2c(N)cccc2OC)C1. The number of rotatable bonds is 4. The van der Waals surface area contributed by atoms with Crippen LogP contribution < -0.4 is 15.8 Å². The molecule has 0 radical (unpaired) electrons. The second kappa shape index (κ2) is 6.64. The lowest BCUT2D eigenvalue weighted by molar-refractivity contribution is 0.0917. The van der Waals surface area contributed by atoms with E-state index in [2.05, 4.69) is 12.2 Å². The Morgan fingerprint density at radius 1 is 1.45 bits per heavy atom. The van der Waals surface area contributed by atoms with Gasteiger partial charge in [0.25, 0.3) is 5.91 Å². The molecule has 1 aromatic carbocycles. The number of carbonyl (C=O) groups is 1. The third-order valence-corrected chi connectivity index (χ3v) is 4.20. The van der Waals surface area contributed by atoms with Gasteiger partial charge in [0, 0.05) is 11.7 Å². The van der Waals surface area contributed by atoms with Gasteiger partial charge in [0.05, 0.1) is 7.11 Å². The fraction of sp³-hybridized carbons (Fsp3) is 0.562. The second-order valence-electron chi connectivity index (χ2n) is 5.54. The van der Waals surface area contributed by atoms with E-state index in [4.69, 9.17) is 10.5 Å². The molecule has 1 fully saturated rings. The Hall–Kier alpha value is -1.71. The number of hydrogen-bond acceptors (Lipinski definition) is 3. The van der Waals surface area contributed by atoms with Crippen LogP contribution in [-0.2, 0) is 0 Å². The molecule has 0 bridgehead atoms. The predicted octanol–water partition coefficient (Wildman–Crippen LogP) is 2.98. The van der Waals surface area contributed by atoms with E-state index >= 15 is 0 Å². The summed E-state index contributed by atoms with van der Waals surface area (Å²) in [6, 6.07) is 5.54. The van der Waals surface area contributed by atoms with E-state index in [1.54, 1.807) is 25.3 Å². The Labute approximate surface area is 120 Å². The van der Waals surface area contributed by atoms with Crippen LogP contribution >= 0.6 is 0 Å². The van der Waals surface area contributed by atoms with Gasteiger partial charge in [-0.2, -0.15) is 0 Å². The summed E-state index contributed by atoms with van der Waals surface area (Å²) >= 11 is 0. The van der Waals surface area contributed by atoms with Crippen LogP contribution in [0.3, 0.4) is 0 Å². The smallest absolute Gasteiger partial charge is 0.257 e. The maximum absolute atomic E-state index is 12.4. The van der Waals surface area contributed by atoms with Gasteiger partial charge in [-0.1, -0.05) is 32.3 Å². The Morgan fingerprint density at radius 2 is 2.25 bits per heavy atom. The van der Waals surface area contributed by atoms with Crippen molar-refractivity contribution in [2.24, 2.45) is 5.92 Å². The van der Waals surface area contributed by atoms with E-state index in [1.807, 2.05) is 0 Å². The van der Waals surface area contributed by atoms with Gasteiger partial charge in [-0.25, -0.2) is 0 Å². The molecule has 4 nitrogen and oxygen atoms in total. The van der Waals surface area contributed by atoms with Gasteiger partial charge >= 0.3 is 0 Å². The molecule has 2 unspecified atom stereocenters. The minimum absolute atomic E-state index is 0.123. The van der Waals surface area contributed by atoms with Crippen molar-refractivity contribution in [3.8, 4) is 5.75 Å². The number of benzene rings is 1. The van der Waals surface area contributed by atoms with Crippen molar-refractivity contribution in [2.75, 3.05) is 12.8 Å². The average molecular weight is 276 g/mol. The van der Waals surface area contributed by atoms with Crippen molar-refractivity contribution in [1.82, 2.24) is 5.32 Å². The Morgan fingerprint density at radius 3 is 2.95 bits per heavy atom. The number of amides is 1. The minimum Gasteiger partial charge on any atom is -0.496 e. The van der Waals surface area contributed by atoms with Crippen molar-refractivity contribution in [3.05, 3.63) is 23.8 Å². The van der Waals surface area contributed by atoms with E-state index in [9.17, 15) is 4.79 Å². The Kier molecular flexibility index (Phi) is 4.88. The quantitative estimate of drug-likeness (QED) is 0.831. The van der Waals surface area contributed by atoms with Crippen LogP contribution in [0, 0.1) is 5.92 Å². The fourth-order valence-electron chi connectivity index (χ4n) is 3.01. The number of methoxy groups -OCH3 is 1. The zero-order valence-electron chi connectivity index (χ0n) is 12.3. The first kappa shape index (κ1) is 14.7. The number of nitrogen functional groups attached to an aromatic ring is 1. The van der Waals surface area contributed by atoms with E-state index in [1.165, 1.54) is 19.3 Å². The standard InChI is InChI=1S/C16H24N2O2/c1-3-11-6-4-7-12(10-11)18-16(19)15-13(17)8-5-9-14(15)20-2/h5,8-9,11-12H,3-4,6-7,10,17H2,1-2H3,(H,18,19). The molecule has 1 aliphatic carbocycles. The maximum Gasteiger partial charge on any atom is 0.257 e. The third-order valence-electron chi connectivity index (χ3n) is 4.20. The summed E-state index contributed by atoms with van der Waals surface area (Å²) in [4.78, 5) is 12.4. The first-order valence-electron chi connectivity index (χ1n) is 7.39. The molecule has 2 atom stereocenters. The molecule has 4 heteroatoms. The number of nitrogens with two attached hydrogens (primary N) is 1. The number of carbonyl (C=O) groups excluding carboxylic acids is 1. The molecule has 1 saturated carbocycles. The summed E-state index contributed by atoms with van der Waals surface area (Å²) in [5, 5.41) is 3.12. The van der Waals surface area contributed by atoms with Crippen molar-refractivity contribution < 1.29 is 9.53 Å². The summed E-state index contributed by atoms with van der Waals surface area (Å²) in [6.45, 7) is 2.22. The van der Waals surface area contributed by atoms with E-state index in [0.29, 0.717) is 17.0 Å². The van der Waals surface area contributed by atoms with Gasteiger partial charge in [-0.15, -0.1) is 0 Å². The number of ether oxygens (including phenoxy) is 1. The summed E-state index contributed by atoms with van der Waals surface area (Å²) in [7, 11) is 1.55. The number of anilines is 1. The summed E-state index contributed by atoms with van der Waals surface area (Å²) in [5.41, 5.74) is 6.83. The molecule has 0 saturated heterocycles. The molecule has 3 N–H and O–H groups in total. The van der Waals surface area contributed by atoms with Crippen LogP contribution in [0.4, 0.5) is 5.69 Å². The number of hydrogen-bond donors (Lipinski definition) is 2. The van der Waals surface area contributed by atoms with E-state index in [0.717, 1.165) is 18.8 Å². The fourth-order valence-corrected chi connectivity index (χ4v) is 3.01. The molecular weight excluding hydrogens is 252 g/mol. The summed E-state index contributed by atoms with van der Waals surface area (Å²) < 4.78 is 5.24.